The normalized spacial score (nSPS) is 11.8. The van der Waals surface area contributed by atoms with Crippen molar-refractivity contribution in [1.29, 1.82) is 0 Å². The number of carbonyl (C=O) groups excluding carboxylic acids is 3. The summed E-state index contributed by atoms with van der Waals surface area (Å²) in [6.45, 7) is 0. The highest BCUT2D eigenvalue weighted by molar-refractivity contribution is 9.11. The number of benzene rings is 3. The molecule has 4 aromatic rings. The lowest BCUT2D eigenvalue weighted by atomic mass is 10.1. The average molecular weight is 910 g/mol. The molecule has 1 aromatic heterocycles. The molecule has 252 valence electrons. The molecule has 48 heavy (non-hydrogen) atoms. The van der Waals surface area contributed by atoms with Gasteiger partial charge >= 0.3 is 0 Å². The van der Waals surface area contributed by atoms with Crippen molar-refractivity contribution < 1.29 is 39.6 Å². The first kappa shape index (κ1) is 37.2. The number of amides is 3. The van der Waals surface area contributed by atoms with Crippen molar-refractivity contribution in [2.24, 2.45) is 0 Å². The van der Waals surface area contributed by atoms with E-state index >= 15 is 0 Å². The van der Waals surface area contributed by atoms with E-state index in [-0.39, 0.29) is 14.7 Å². The van der Waals surface area contributed by atoms with E-state index in [9.17, 15) is 39.6 Å². The summed E-state index contributed by atoms with van der Waals surface area (Å²) in [6, 6.07) is 17.8. The molecule has 22 heteroatoms. The van der Waals surface area contributed by atoms with E-state index in [1.807, 2.05) is 30.8 Å². The molecule has 0 radical (unpaired) electrons. The number of halogens is 3. The molecule has 0 aliphatic carbocycles. The first-order valence-electron chi connectivity index (χ1n) is 12.7. The van der Waals surface area contributed by atoms with Gasteiger partial charge in [0.05, 0.1) is 14.7 Å². The van der Waals surface area contributed by atoms with Crippen LogP contribution in [0, 0.1) is 0 Å². The van der Waals surface area contributed by atoms with Crippen LogP contribution in [0.5, 0.6) is 0 Å². The van der Waals surface area contributed by atoms with Gasteiger partial charge in [-0.05, 0) is 84.9 Å². The maximum atomic E-state index is 13.0. The first-order chi connectivity index (χ1) is 22.5. The Bertz CT molecular complexity index is 1940. The fourth-order valence-corrected chi connectivity index (χ4v) is 6.76. The standard InChI is InChI=1S/C26H20Br3N7O9S3/c27-16-1-7-19(8-2-16)46(40,41)34-31-24(37)15-13-22(25(38)32-35-47(42,43)20-9-3-17(28)4-10-20)30-23(14-15)26(39)33-36-48(44,45)21-11-5-18(29)6-12-21/h1-14,34-36H,(H,31,37)(H,32,38)(H,33,39). The first-order valence-corrected chi connectivity index (χ1v) is 19.5. The van der Waals surface area contributed by atoms with E-state index < -0.39 is 64.7 Å². The smallest absolute Gasteiger partial charge is 0.273 e. The van der Waals surface area contributed by atoms with Gasteiger partial charge in [0.2, 0.25) is 0 Å². The SMILES string of the molecule is O=C(NNS(=O)(=O)c1ccc(Br)cc1)c1cc(C(=O)NNS(=O)(=O)c2ccc(Br)cc2)nc(C(=O)NNS(=O)(=O)c2ccc(Br)cc2)c1. The highest BCUT2D eigenvalue weighted by atomic mass is 79.9. The molecular weight excluding hydrogens is 890 g/mol. The lowest BCUT2D eigenvalue weighted by molar-refractivity contribution is 0.0934. The van der Waals surface area contributed by atoms with Crippen LogP contribution in [0.3, 0.4) is 0 Å². The van der Waals surface area contributed by atoms with Gasteiger partial charge in [-0.3, -0.25) is 30.7 Å². The molecule has 0 atom stereocenters. The van der Waals surface area contributed by atoms with Gasteiger partial charge in [-0.25, -0.2) is 30.2 Å². The predicted molar refractivity (Wildman–Crippen MR) is 180 cm³/mol. The van der Waals surface area contributed by atoms with Gasteiger partial charge in [0, 0.05) is 19.0 Å². The minimum Gasteiger partial charge on any atom is -0.273 e. The zero-order chi connectivity index (χ0) is 35.3. The largest absolute Gasteiger partial charge is 0.284 e. The van der Waals surface area contributed by atoms with Crippen LogP contribution >= 0.6 is 47.8 Å². The Hall–Kier alpha value is -3.61. The number of hydrogen-bond donors (Lipinski definition) is 6. The van der Waals surface area contributed by atoms with Gasteiger partial charge in [-0.15, -0.1) is 14.5 Å². The number of hydrogen-bond acceptors (Lipinski definition) is 10. The van der Waals surface area contributed by atoms with Crippen molar-refractivity contribution in [3.8, 4) is 0 Å². The van der Waals surface area contributed by atoms with Crippen LogP contribution in [0.15, 0.2) is 113 Å². The molecule has 0 aliphatic rings. The third-order valence-corrected chi connectivity index (χ3v) is 11.2. The molecule has 0 unspecified atom stereocenters. The molecule has 0 bridgehead atoms. The molecule has 3 aromatic carbocycles. The molecular formula is C26H20Br3N7O9S3. The Morgan fingerprint density at radius 1 is 0.458 bits per heavy atom. The number of aromatic nitrogens is 1. The van der Waals surface area contributed by atoms with Crippen molar-refractivity contribution in [1.82, 2.24) is 35.8 Å². The fourth-order valence-electron chi connectivity index (χ4n) is 3.45. The molecule has 6 N–H and O–H groups in total. The lowest BCUT2D eigenvalue weighted by Crippen LogP contribution is -2.44. The zero-order valence-corrected chi connectivity index (χ0v) is 30.8. The number of hydrazine groups is 3. The van der Waals surface area contributed by atoms with Gasteiger partial charge in [-0.1, -0.05) is 47.8 Å². The Morgan fingerprint density at radius 3 is 1.02 bits per heavy atom. The van der Waals surface area contributed by atoms with Crippen LogP contribution in [-0.2, 0) is 30.1 Å². The summed E-state index contributed by atoms with van der Waals surface area (Å²) in [7, 11) is -12.9. The maximum absolute atomic E-state index is 13.0. The summed E-state index contributed by atoms with van der Waals surface area (Å²) in [5.74, 6) is -3.66. The minimum absolute atomic E-state index is 0.211. The predicted octanol–water partition coefficient (Wildman–Crippen LogP) is 2.24. The molecule has 0 aliphatic heterocycles. The van der Waals surface area contributed by atoms with Crippen LogP contribution in [-0.4, -0.2) is 48.0 Å². The van der Waals surface area contributed by atoms with E-state index in [1.165, 1.54) is 72.8 Å². The quantitative estimate of drug-likeness (QED) is 0.113. The van der Waals surface area contributed by atoms with E-state index in [2.05, 4.69) is 52.8 Å². The summed E-state index contributed by atoms with van der Waals surface area (Å²) < 4.78 is 77.6. The molecule has 0 saturated carbocycles. The second kappa shape index (κ2) is 15.3. The second-order valence-corrected chi connectivity index (χ2v) is 17.0. The molecule has 3 amide bonds. The van der Waals surface area contributed by atoms with Gasteiger partial charge < -0.3 is 0 Å². The zero-order valence-electron chi connectivity index (χ0n) is 23.6. The number of carbonyl (C=O) groups is 3. The third-order valence-electron chi connectivity index (χ3n) is 5.82. The summed E-state index contributed by atoms with van der Waals surface area (Å²) in [4.78, 5) is 47.7. The summed E-state index contributed by atoms with van der Waals surface area (Å²) in [5, 5.41) is 0. The molecule has 0 fully saturated rings. The molecule has 1 heterocycles. The Balaban J connectivity index is 1.58. The van der Waals surface area contributed by atoms with Gasteiger partial charge in [0.25, 0.3) is 47.8 Å². The van der Waals surface area contributed by atoms with Crippen molar-refractivity contribution in [3.63, 3.8) is 0 Å². The highest BCUT2D eigenvalue weighted by Gasteiger charge is 2.23. The van der Waals surface area contributed by atoms with Crippen LogP contribution in [0.1, 0.15) is 31.3 Å². The number of nitrogens with zero attached hydrogens (tertiary/aromatic N) is 1. The third kappa shape index (κ3) is 9.73. The van der Waals surface area contributed by atoms with Crippen molar-refractivity contribution in [2.45, 2.75) is 14.7 Å². The van der Waals surface area contributed by atoms with E-state index in [4.69, 9.17) is 0 Å². The topological polar surface area (TPSA) is 239 Å². The maximum Gasteiger partial charge on any atom is 0.284 e. The van der Waals surface area contributed by atoms with Crippen molar-refractivity contribution in [3.05, 3.63) is 115 Å². The number of nitrogens with one attached hydrogen (secondary N) is 6. The highest BCUT2D eigenvalue weighted by Crippen LogP contribution is 2.17. The Morgan fingerprint density at radius 2 is 0.729 bits per heavy atom. The molecule has 0 spiro atoms. The summed E-state index contributed by atoms with van der Waals surface area (Å²) >= 11 is 9.53. The van der Waals surface area contributed by atoms with Gasteiger partial charge in [0.15, 0.2) is 0 Å². The molecule has 16 nitrogen and oxygen atoms in total. The summed E-state index contributed by atoms with van der Waals surface area (Å²) in [5.41, 5.74) is 3.84. The molecule has 4 rings (SSSR count). The van der Waals surface area contributed by atoms with Crippen molar-refractivity contribution in [2.75, 3.05) is 0 Å². The van der Waals surface area contributed by atoms with Crippen LogP contribution in [0.2, 0.25) is 0 Å². The second-order valence-electron chi connectivity index (χ2n) is 9.17. The van der Waals surface area contributed by atoms with E-state index in [0.29, 0.717) is 13.4 Å². The Labute approximate surface area is 298 Å². The summed E-state index contributed by atoms with van der Waals surface area (Å²) in [6.07, 6.45) is 0. The molecule has 0 saturated heterocycles. The number of pyridine rings is 1. The van der Waals surface area contributed by atoms with Crippen molar-refractivity contribution >= 4 is 95.6 Å². The monoisotopic (exact) mass is 907 g/mol. The lowest BCUT2D eigenvalue weighted by Gasteiger charge is -2.13. The average Bonchev–Trinajstić information content (AvgIpc) is 3.05. The van der Waals surface area contributed by atoms with Gasteiger partial charge in [-0.2, -0.15) is 0 Å². The van der Waals surface area contributed by atoms with Gasteiger partial charge in [0.1, 0.15) is 11.4 Å². The minimum atomic E-state index is -4.29. The number of sulfonamides is 3. The number of rotatable bonds is 12. The van der Waals surface area contributed by atoms with Crippen LogP contribution in [0.25, 0.3) is 0 Å². The fraction of sp³-hybridized carbons (Fsp3) is 0. The Kier molecular flexibility index (Phi) is 11.9. The van der Waals surface area contributed by atoms with Crippen LogP contribution < -0.4 is 30.8 Å². The van der Waals surface area contributed by atoms with Crippen LogP contribution in [0.4, 0.5) is 0 Å². The van der Waals surface area contributed by atoms with E-state index in [1.54, 1.807) is 0 Å². The van der Waals surface area contributed by atoms with E-state index in [0.717, 1.165) is 12.1 Å².